The second-order valence-corrected chi connectivity index (χ2v) is 6.44. The molecule has 2 heterocycles. The Morgan fingerprint density at radius 1 is 1.37 bits per heavy atom. The summed E-state index contributed by atoms with van der Waals surface area (Å²) in [5, 5.41) is 3.55. The van der Waals surface area contributed by atoms with Gasteiger partial charge in [0.2, 0.25) is 0 Å². The molecular weight excluding hydrogens is 308 g/mol. The first-order chi connectivity index (χ1) is 8.99. The largest absolute Gasteiger partial charge is 0.453 e. The molecule has 1 aliphatic heterocycles. The van der Waals surface area contributed by atoms with Gasteiger partial charge in [-0.1, -0.05) is 0 Å². The zero-order valence-electron chi connectivity index (χ0n) is 11.9. The van der Waals surface area contributed by atoms with Crippen LogP contribution in [0.25, 0.3) is 0 Å². The molecule has 19 heavy (non-hydrogen) atoms. The van der Waals surface area contributed by atoms with E-state index in [1.807, 2.05) is 12.1 Å². The van der Waals surface area contributed by atoms with E-state index in [1.165, 1.54) is 0 Å². The topological polar surface area (TPSA) is 37.6 Å². The molecule has 0 aliphatic carbocycles. The molecule has 1 aromatic heterocycles. The SMILES string of the molecule is CC(NCC(C)(C)N1CCOCC1)c1ccc(Br)o1. The van der Waals surface area contributed by atoms with Crippen molar-refractivity contribution in [3.63, 3.8) is 0 Å². The van der Waals surface area contributed by atoms with Crippen LogP contribution in [-0.4, -0.2) is 43.3 Å². The minimum absolute atomic E-state index is 0.127. The van der Waals surface area contributed by atoms with Gasteiger partial charge in [-0.25, -0.2) is 0 Å². The molecule has 1 N–H and O–H groups in total. The lowest BCUT2D eigenvalue weighted by atomic mass is 10.0. The van der Waals surface area contributed by atoms with Crippen LogP contribution < -0.4 is 5.32 Å². The molecular formula is C14H23BrN2O2. The number of furan rings is 1. The monoisotopic (exact) mass is 330 g/mol. The van der Waals surface area contributed by atoms with Crippen molar-refractivity contribution in [1.29, 1.82) is 0 Å². The molecule has 0 bridgehead atoms. The van der Waals surface area contributed by atoms with Crippen LogP contribution in [0.3, 0.4) is 0 Å². The molecule has 108 valence electrons. The van der Waals surface area contributed by atoms with Crippen molar-refractivity contribution in [1.82, 2.24) is 10.2 Å². The van der Waals surface area contributed by atoms with E-state index in [0.29, 0.717) is 0 Å². The van der Waals surface area contributed by atoms with E-state index in [2.05, 4.69) is 46.9 Å². The van der Waals surface area contributed by atoms with Crippen LogP contribution in [0.2, 0.25) is 0 Å². The van der Waals surface area contributed by atoms with Crippen molar-refractivity contribution in [3.8, 4) is 0 Å². The summed E-state index contributed by atoms with van der Waals surface area (Å²) >= 11 is 3.34. The van der Waals surface area contributed by atoms with Gasteiger partial charge in [-0.15, -0.1) is 0 Å². The Morgan fingerprint density at radius 2 is 2.05 bits per heavy atom. The minimum Gasteiger partial charge on any atom is -0.453 e. The summed E-state index contributed by atoms with van der Waals surface area (Å²) in [4.78, 5) is 2.48. The van der Waals surface area contributed by atoms with Gasteiger partial charge in [0.1, 0.15) is 5.76 Å². The number of morpholine rings is 1. The number of nitrogens with one attached hydrogen (secondary N) is 1. The average molecular weight is 331 g/mol. The molecule has 5 heteroatoms. The zero-order chi connectivity index (χ0) is 13.9. The Morgan fingerprint density at radius 3 is 2.63 bits per heavy atom. The minimum atomic E-state index is 0.127. The van der Waals surface area contributed by atoms with E-state index in [-0.39, 0.29) is 11.6 Å². The van der Waals surface area contributed by atoms with Crippen molar-refractivity contribution in [2.75, 3.05) is 32.8 Å². The van der Waals surface area contributed by atoms with Crippen molar-refractivity contribution < 1.29 is 9.15 Å². The predicted octanol–water partition coefficient (Wildman–Crippen LogP) is 2.80. The molecule has 1 fully saturated rings. The van der Waals surface area contributed by atoms with Crippen LogP contribution in [-0.2, 0) is 4.74 Å². The van der Waals surface area contributed by atoms with Crippen LogP contribution in [0.15, 0.2) is 21.2 Å². The van der Waals surface area contributed by atoms with E-state index in [1.54, 1.807) is 0 Å². The number of ether oxygens (including phenoxy) is 1. The number of nitrogens with zero attached hydrogens (tertiary/aromatic N) is 1. The van der Waals surface area contributed by atoms with Gasteiger partial charge in [0, 0.05) is 25.2 Å². The molecule has 0 radical (unpaired) electrons. The molecule has 2 rings (SSSR count). The Bertz CT molecular complexity index is 400. The average Bonchev–Trinajstić information content (AvgIpc) is 2.84. The molecule has 1 unspecified atom stereocenters. The van der Waals surface area contributed by atoms with E-state index >= 15 is 0 Å². The Hall–Kier alpha value is -0.360. The second-order valence-electron chi connectivity index (χ2n) is 5.66. The van der Waals surface area contributed by atoms with Gasteiger partial charge >= 0.3 is 0 Å². The van der Waals surface area contributed by atoms with Crippen LogP contribution in [0.4, 0.5) is 0 Å². The molecule has 0 aromatic carbocycles. The van der Waals surface area contributed by atoms with Crippen molar-refractivity contribution >= 4 is 15.9 Å². The summed E-state index contributed by atoms with van der Waals surface area (Å²) in [5.41, 5.74) is 0.127. The third-order valence-electron chi connectivity index (χ3n) is 3.73. The van der Waals surface area contributed by atoms with Gasteiger partial charge in [-0.05, 0) is 48.8 Å². The van der Waals surface area contributed by atoms with E-state index in [0.717, 1.165) is 43.3 Å². The highest BCUT2D eigenvalue weighted by atomic mass is 79.9. The predicted molar refractivity (Wildman–Crippen MR) is 79.3 cm³/mol. The van der Waals surface area contributed by atoms with Crippen molar-refractivity contribution in [3.05, 3.63) is 22.6 Å². The third kappa shape index (κ3) is 4.05. The highest BCUT2D eigenvalue weighted by Crippen LogP contribution is 2.21. The van der Waals surface area contributed by atoms with Crippen LogP contribution in [0.5, 0.6) is 0 Å². The standard InChI is InChI=1S/C14H23BrN2O2/c1-11(12-4-5-13(15)19-12)16-10-14(2,3)17-6-8-18-9-7-17/h4-5,11,16H,6-10H2,1-3H3. The smallest absolute Gasteiger partial charge is 0.169 e. The van der Waals surface area contributed by atoms with Crippen molar-refractivity contribution in [2.45, 2.75) is 32.4 Å². The third-order valence-corrected chi connectivity index (χ3v) is 4.15. The maximum absolute atomic E-state index is 5.58. The molecule has 1 saturated heterocycles. The Balaban J connectivity index is 1.86. The molecule has 1 aromatic rings. The summed E-state index contributed by atoms with van der Waals surface area (Å²) in [7, 11) is 0. The fraction of sp³-hybridized carbons (Fsp3) is 0.714. The fourth-order valence-electron chi connectivity index (χ4n) is 2.34. The fourth-order valence-corrected chi connectivity index (χ4v) is 2.66. The summed E-state index contributed by atoms with van der Waals surface area (Å²) in [6.45, 7) is 11.3. The lowest BCUT2D eigenvalue weighted by Crippen LogP contribution is -2.54. The van der Waals surface area contributed by atoms with Gasteiger partial charge in [-0.3, -0.25) is 4.90 Å². The summed E-state index contributed by atoms with van der Waals surface area (Å²) < 4.78 is 11.8. The first-order valence-electron chi connectivity index (χ1n) is 6.80. The zero-order valence-corrected chi connectivity index (χ0v) is 13.5. The number of hydrogen-bond donors (Lipinski definition) is 1. The normalized spacial score (nSPS) is 19.6. The molecule has 1 atom stereocenters. The number of halogens is 1. The summed E-state index contributed by atoms with van der Waals surface area (Å²) in [6.07, 6.45) is 0. The van der Waals surface area contributed by atoms with E-state index in [4.69, 9.17) is 9.15 Å². The first kappa shape index (κ1) is 15.0. The molecule has 4 nitrogen and oxygen atoms in total. The van der Waals surface area contributed by atoms with Gasteiger partial charge in [0.15, 0.2) is 4.67 Å². The Labute approximate surface area is 123 Å². The van der Waals surface area contributed by atoms with Gasteiger partial charge in [0.25, 0.3) is 0 Å². The van der Waals surface area contributed by atoms with Crippen molar-refractivity contribution in [2.24, 2.45) is 0 Å². The molecule has 1 aliphatic rings. The van der Waals surface area contributed by atoms with Crippen LogP contribution >= 0.6 is 15.9 Å². The van der Waals surface area contributed by atoms with E-state index in [9.17, 15) is 0 Å². The quantitative estimate of drug-likeness (QED) is 0.900. The summed E-state index contributed by atoms with van der Waals surface area (Å²) in [6, 6.07) is 4.15. The maximum atomic E-state index is 5.58. The summed E-state index contributed by atoms with van der Waals surface area (Å²) in [5.74, 6) is 0.963. The van der Waals surface area contributed by atoms with E-state index < -0.39 is 0 Å². The van der Waals surface area contributed by atoms with Crippen LogP contribution in [0.1, 0.15) is 32.6 Å². The molecule has 0 amide bonds. The Kier molecular flexibility index (Phi) is 5.06. The molecule has 0 saturated carbocycles. The van der Waals surface area contributed by atoms with Gasteiger partial charge in [0.05, 0.1) is 19.3 Å². The lowest BCUT2D eigenvalue weighted by Gasteiger charge is -2.41. The van der Waals surface area contributed by atoms with Gasteiger partial charge < -0.3 is 14.5 Å². The lowest BCUT2D eigenvalue weighted by molar-refractivity contribution is -0.0104. The number of hydrogen-bond acceptors (Lipinski definition) is 4. The first-order valence-corrected chi connectivity index (χ1v) is 7.60. The highest BCUT2D eigenvalue weighted by molar-refractivity contribution is 9.10. The molecule has 0 spiro atoms. The highest BCUT2D eigenvalue weighted by Gasteiger charge is 2.28. The van der Waals surface area contributed by atoms with Gasteiger partial charge in [-0.2, -0.15) is 0 Å². The number of rotatable bonds is 5. The maximum Gasteiger partial charge on any atom is 0.169 e. The second kappa shape index (κ2) is 6.39. The van der Waals surface area contributed by atoms with Crippen LogP contribution in [0, 0.1) is 0 Å².